The van der Waals surface area contributed by atoms with Crippen LogP contribution in [0.1, 0.15) is 25.7 Å². The third-order valence-electron chi connectivity index (χ3n) is 4.64. The van der Waals surface area contributed by atoms with E-state index in [-0.39, 0.29) is 5.92 Å². The van der Waals surface area contributed by atoms with Crippen LogP contribution in [0, 0.1) is 11.8 Å². The molecule has 2 aliphatic rings. The van der Waals surface area contributed by atoms with Gasteiger partial charge in [0.2, 0.25) is 0 Å². The van der Waals surface area contributed by atoms with E-state index in [9.17, 15) is 9.90 Å². The SMILES string of the molecule is CN1CCC(CN(C)CC(N)(C(=O)O)C2CC2)CC1. The number of piperidine rings is 1. The summed E-state index contributed by atoms with van der Waals surface area (Å²) in [6.45, 7) is 3.73. The first-order valence-corrected chi connectivity index (χ1v) is 7.31. The van der Waals surface area contributed by atoms with Crippen LogP contribution in [0.25, 0.3) is 0 Å². The highest BCUT2D eigenvalue weighted by molar-refractivity contribution is 5.79. The number of carboxylic acid groups (broad SMARTS) is 1. The van der Waals surface area contributed by atoms with E-state index < -0.39 is 11.5 Å². The molecular formula is C14H27N3O2. The number of likely N-dealkylation sites (N-methyl/N-ethyl adjacent to an activating group) is 1. The molecule has 0 aromatic carbocycles. The quantitative estimate of drug-likeness (QED) is 0.733. The van der Waals surface area contributed by atoms with E-state index in [2.05, 4.69) is 16.8 Å². The Balaban J connectivity index is 1.82. The summed E-state index contributed by atoms with van der Waals surface area (Å²) in [6, 6.07) is 0. The van der Waals surface area contributed by atoms with Crippen LogP contribution in [0.3, 0.4) is 0 Å². The molecule has 1 saturated carbocycles. The highest BCUT2D eigenvalue weighted by Crippen LogP contribution is 2.39. The van der Waals surface area contributed by atoms with Crippen molar-refractivity contribution in [2.24, 2.45) is 17.6 Å². The number of nitrogens with zero attached hydrogens (tertiary/aromatic N) is 2. The Morgan fingerprint density at radius 2 is 1.95 bits per heavy atom. The van der Waals surface area contributed by atoms with Gasteiger partial charge in [-0.2, -0.15) is 0 Å². The molecule has 1 heterocycles. The highest BCUT2D eigenvalue weighted by Gasteiger charge is 2.48. The average Bonchev–Trinajstić information content (AvgIpc) is 3.16. The van der Waals surface area contributed by atoms with Crippen molar-refractivity contribution < 1.29 is 9.90 Å². The lowest BCUT2D eigenvalue weighted by Gasteiger charge is -2.35. The minimum absolute atomic E-state index is 0.171. The molecular weight excluding hydrogens is 242 g/mol. The Morgan fingerprint density at radius 3 is 2.42 bits per heavy atom. The van der Waals surface area contributed by atoms with Crippen LogP contribution in [0.2, 0.25) is 0 Å². The summed E-state index contributed by atoms with van der Waals surface area (Å²) in [5.41, 5.74) is 5.08. The fourth-order valence-electron chi connectivity index (χ4n) is 3.17. The number of hydrogen-bond acceptors (Lipinski definition) is 4. The zero-order chi connectivity index (χ0) is 14.0. The van der Waals surface area contributed by atoms with Gasteiger partial charge in [0.05, 0.1) is 0 Å². The lowest BCUT2D eigenvalue weighted by molar-refractivity contribution is -0.145. The van der Waals surface area contributed by atoms with E-state index in [4.69, 9.17) is 5.73 Å². The van der Waals surface area contributed by atoms with Gasteiger partial charge in [0.1, 0.15) is 5.54 Å². The lowest BCUT2D eigenvalue weighted by Crippen LogP contribution is -2.57. The maximum Gasteiger partial charge on any atom is 0.325 e. The van der Waals surface area contributed by atoms with Gasteiger partial charge in [-0.15, -0.1) is 0 Å². The van der Waals surface area contributed by atoms with Crippen molar-refractivity contribution in [2.45, 2.75) is 31.2 Å². The monoisotopic (exact) mass is 269 g/mol. The molecule has 1 unspecified atom stereocenters. The predicted octanol–water partition coefficient (Wildman–Crippen LogP) is 0.452. The fraction of sp³-hybridized carbons (Fsp3) is 0.929. The number of hydrogen-bond donors (Lipinski definition) is 2. The summed E-state index contributed by atoms with van der Waals surface area (Å²) in [6.07, 6.45) is 4.33. The van der Waals surface area contributed by atoms with Gasteiger partial charge in [-0.05, 0) is 64.7 Å². The first-order chi connectivity index (χ1) is 8.91. The van der Waals surface area contributed by atoms with Gasteiger partial charge in [0.15, 0.2) is 0 Å². The number of rotatable bonds is 6. The van der Waals surface area contributed by atoms with Gasteiger partial charge in [-0.3, -0.25) is 4.79 Å². The Bertz CT molecular complexity index is 325. The van der Waals surface area contributed by atoms with Crippen molar-refractivity contribution in [1.82, 2.24) is 9.80 Å². The molecule has 3 N–H and O–H groups in total. The average molecular weight is 269 g/mol. The zero-order valence-electron chi connectivity index (χ0n) is 12.1. The third-order valence-corrected chi connectivity index (χ3v) is 4.64. The van der Waals surface area contributed by atoms with E-state index in [1.54, 1.807) is 0 Å². The minimum atomic E-state index is -1.04. The molecule has 0 spiro atoms. The van der Waals surface area contributed by atoms with Gasteiger partial charge < -0.3 is 20.6 Å². The second kappa shape index (κ2) is 5.77. The number of carboxylic acids is 1. The standard InChI is InChI=1S/C14H27N3O2/c1-16-7-5-11(6-8-16)9-17(2)10-14(15,13(18)19)12-3-4-12/h11-12H,3-10,15H2,1-2H3,(H,18,19). The van der Waals surface area contributed by atoms with Crippen molar-refractivity contribution >= 4 is 5.97 Å². The number of aliphatic carboxylic acids is 1. The number of likely N-dealkylation sites (tertiary alicyclic amines) is 1. The van der Waals surface area contributed by atoms with E-state index in [0.29, 0.717) is 12.5 Å². The van der Waals surface area contributed by atoms with E-state index in [1.807, 2.05) is 7.05 Å². The van der Waals surface area contributed by atoms with E-state index >= 15 is 0 Å². The Hall–Kier alpha value is -0.650. The predicted molar refractivity (Wildman–Crippen MR) is 75.0 cm³/mol. The van der Waals surface area contributed by atoms with E-state index in [0.717, 1.165) is 32.5 Å². The minimum Gasteiger partial charge on any atom is -0.480 e. The molecule has 1 aliphatic heterocycles. The Kier molecular flexibility index (Phi) is 4.48. The van der Waals surface area contributed by atoms with Crippen LogP contribution in [0.15, 0.2) is 0 Å². The molecule has 1 aliphatic carbocycles. The summed E-state index contributed by atoms with van der Waals surface area (Å²) < 4.78 is 0. The summed E-state index contributed by atoms with van der Waals surface area (Å²) in [4.78, 5) is 15.9. The number of carbonyl (C=O) groups is 1. The van der Waals surface area contributed by atoms with Gasteiger partial charge in [-0.1, -0.05) is 0 Å². The second-order valence-electron chi connectivity index (χ2n) is 6.56. The maximum atomic E-state index is 11.4. The molecule has 110 valence electrons. The molecule has 0 aromatic heterocycles. The van der Waals surface area contributed by atoms with Crippen molar-refractivity contribution in [3.8, 4) is 0 Å². The summed E-state index contributed by atoms with van der Waals surface area (Å²) in [5, 5.41) is 9.37. The summed E-state index contributed by atoms with van der Waals surface area (Å²) in [5.74, 6) is 0.00798. The zero-order valence-corrected chi connectivity index (χ0v) is 12.1. The van der Waals surface area contributed by atoms with Crippen molar-refractivity contribution in [1.29, 1.82) is 0 Å². The molecule has 0 aromatic rings. The second-order valence-corrected chi connectivity index (χ2v) is 6.56. The summed E-state index contributed by atoms with van der Waals surface area (Å²) >= 11 is 0. The Labute approximate surface area is 115 Å². The molecule has 1 atom stereocenters. The molecule has 19 heavy (non-hydrogen) atoms. The molecule has 1 saturated heterocycles. The van der Waals surface area contributed by atoms with Crippen LogP contribution in [0.5, 0.6) is 0 Å². The third kappa shape index (κ3) is 3.68. The highest BCUT2D eigenvalue weighted by atomic mass is 16.4. The Morgan fingerprint density at radius 1 is 1.37 bits per heavy atom. The van der Waals surface area contributed by atoms with Gasteiger partial charge in [0.25, 0.3) is 0 Å². The molecule has 2 rings (SSSR count). The van der Waals surface area contributed by atoms with Crippen molar-refractivity contribution in [3.63, 3.8) is 0 Å². The molecule has 0 radical (unpaired) electrons. The molecule has 5 nitrogen and oxygen atoms in total. The van der Waals surface area contributed by atoms with Gasteiger partial charge >= 0.3 is 5.97 Å². The van der Waals surface area contributed by atoms with Crippen LogP contribution in [-0.4, -0.2) is 66.7 Å². The van der Waals surface area contributed by atoms with Crippen molar-refractivity contribution in [3.05, 3.63) is 0 Å². The topological polar surface area (TPSA) is 69.8 Å². The molecule has 0 amide bonds. The molecule has 5 heteroatoms. The first kappa shape index (κ1) is 14.8. The van der Waals surface area contributed by atoms with Crippen LogP contribution in [0.4, 0.5) is 0 Å². The fourth-order valence-corrected chi connectivity index (χ4v) is 3.17. The lowest BCUT2D eigenvalue weighted by atomic mass is 9.92. The van der Waals surface area contributed by atoms with Crippen LogP contribution >= 0.6 is 0 Å². The number of nitrogens with two attached hydrogens (primary N) is 1. The van der Waals surface area contributed by atoms with Gasteiger partial charge in [-0.25, -0.2) is 0 Å². The summed E-state index contributed by atoms with van der Waals surface area (Å²) in [7, 11) is 4.16. The van der Waals surface area contributed by atoms with Gasteiger partial charge in [0, 0.05) is 13.1 Å². The van der Waals surface area contributed by atoms with Crippen LogP contribution < -0.4 is 5.73 Å². The molecule has 2 fully saturated rings. The molecule has 0 bridgehead atoms. The smallest absolute Gasteiger partial charge is 0.325 e. The van der Waals surface area contributed by atoms with Crippen molar-refractivity contribution in [2.75, 3.05) is 40.3 Å². The normalized spacial score (nSPS) is 25.5. The van der Waals surface area contributed by atoms with Crippen LogP contribution in [-0.2, 0) is 4.79 Å². The largest absolute Gasteiger partial charge is 0.480 e. The van der Waals surface area contributed by atoms with E-state index in [1.165, 1.54) is 12.8 Å². The first-order valence-electron chi connectivity index (χ1n) is 7.31. The maximum absolute atomic E-state index is 11.4.